The van der Waals surface area contributed by atoms with Crippen LogP contribution in [0.3, 0.4) is 0 Å². The van der Waals surface area contributed by atoms with Gasteiger partial charge in [-0.05, 0) is 47.1 Å². The number of ether oxygens (including phenoxy) is 1. The molecule has 0 heterocycles. The van der Waals surface area contributed by atoms with Gasteiger partial charge in [0.05, 0.1) is 18.2 Å². The van der Waals surface area contributed by atoms with E-state index >= 15 is 0 Å². The van der Waals surface area contributed by atoms with E-state index in [9.17, 15) is 0 Å². The average Bonchev–Trinajstić information content (AvgIpc) is 2.23. The molecule has 0 fully saturated rings. The summed E-state index contributed by atoms with van der Waals surface area (Å²) < 4.78 is 5.93. The average molecular weight is 249 g/mol. The summed E-state index contributed by atoms with van der Waals surface area (Å²) in [5.41, 5.74) is 1.24. The molecule has 0 saturated heterocycles. The maximum absolute atomic E-state index is 5.93. The van der Waals surface area contributed by atoms with Crippen LogP contribution in [0.2, 0.25) is 0 Å². The highest BCUT2D eigenvalue weighted by molar-refractivity contribution is 5.19. The van der Waals surface area contributed by atoms with Gasteiger partial charge >= 0.3 is 0 Å². The van der Waals surface area contributed by atoms with Crippen molar-refractivity contribution in [3.8, 4) is 0 Å². The largest absolute Gasteiger partial charge is 0.374 e. The highest BCUT2D eigenvalue weighted by Gasteiger charge is 2.21. The van der Waals surface area contributed by atoms with Crippen molar-refractivity contribution < 1.29 is 4.74 Å². The van der Waals surface area contributed by atoms with E-state index in [0.29, 0.717) is 6.61 Å². The zero-order valence-corrected chi connectivity index (χ0v) is 12.6. The summed E-state index contributed by atoms with van der Waals surface area (Å²) in [5, 5.41) is 3.62. The van der Waals surface area contributed by atoms with Gasteiger partial charge in [-0.3, -0.25) is 0 Å². The maximum Gasteiger partial charge on any atom is 0.0668 e. The summed E-state index contributed by atoms with van der Waals surface area (Å²) in [5.74, 6) is 0. The third-order valence-electron chi connectivity index (χ3n) is 2.49. The molecule has 0 bridgehead atoms. The van der Waals surface area contributed by atoms with Gasteiger partial charge in [0.1, 0.15) is 0 Å². The first kappa shape index (κ1) is 15.2. The number of hydrogen-bond donors (Lipinski definition) is 1. The molecule has 0 aliphatic rings. The molecule has 102 valence electrons. The van der Waals surface area contributed by atoms with E-state index < -0.39 is 0 Å². The normalized spacial score (nSPS) is 14.6. The Morgan fingerprint density at radius 2 is 1.56 bits per heavy atom. The van der Waals surface area contributed by atoms with E-state index in [1.54, 1.807) is 0 Å². The summed E-state index contributed by atoms with van der Waals surface area (Å²) >= 11 is 0. The standard InChI is InChI=1S/C16H27NO/c1-15(2,3)17-14(12-18-16(4,5)6)13-10-8-7-9-11-13/h7-11,14,17H,12H2,1-6H3/t14-/m1/s1. The SMILES string of the molecule is CC(C)(C)N[C@H](COC(C)(C)C)c1ccccc1. The van der Waals surface area contributed by atoms with Crippen molar-refractivity contribution in [2.45, 2.75) is 58.7 Å². The summed E-state index contributed by atoms with van der Waals surface area (Å²) in [6, 6.07) is 10.7. The summed E-state index contributed by atoms with van der Waals surface area (Å²) in [7, 11) is 0. The van der Waals surface area contributed by atoms with Gasteiger partial charge in [-0.2, -0.15) is 0 Å². The minimum atomic E-state index is -0.105. The molecule has 0 spiro atoms. The summed E-state index contributed by atoms with van der Waals surface area (Å²) in [6.45, 7) is 13.5. The van der Waals surface area contributed by atoms with Crippen LogP contribution in [0.5, 0.6) is 0 Å². The molecule has 0 amide bonds. The second-order valence-electron chi connectivity index (χ2n) is 6.78. The quantitative estimate of drug-likeness (QED) is 0.873. The lowest BCUT2D eigenvalue weighted by Gasteiger charge is -2.31. The first-order chi connectivity index (χ1) is 8.17. The Hall–Kier alpha value is -0.860. The second kappa shape index (κ2) is 5.85. The van der Waals surface area contributed by atoms with Gasteiger partial charge in [-0.15, -0.1) is 0 Å². The zero-order valence-electron chi connectivity index (χ0n) is 12.6. The van der Waals surface area contributed by atoms with Crippen molar-refractivity contribution >= 4 is 0 Å². The highest BCUT2D eigenvalue weighted by Crippen LogP contribution is 2.19. The molecule has 2 heteroatoms. The molecular formula is C16H27NO. The molecular weight excluding hydrogens is 222 g/mol. The Morgan fingerprint density at radius 1 is 1.00 bits per heavy atom. The fraction of sp³-hybridized carbons (Fsp3) is 0.625. The molecule has 1 aromatic carbocycles. The molecule has 1 atom stereocenters. The summed E-state index contributed by atoms with van der Waals surface area (Å²) in [4.78, 5) is 0. The molecule has 2 nitrogen and oxygen atoms in total. The molecule has 0 aromatic heterocycles. The van der Waals surface area contributed by atoms with Crippen molar-refractivity contribution in [1.29, 1.82) is 0 Å². The Bertz CT molecular complexity index is 346. The van der Waals surface area contributed by atoms with Crippen LogP contribution in [0, 0.1) is 0 Å². The molecule has 0 unspecified atom stereocenters. The number of nitrogens with one attached hydrogen (secondary N) is 1. The van der Waals surface area contributed by atoms with Gasteiger partial charge in [0, 0.05) is 5.54 Å². The molecule has 1 N–H and O–H groups in total. The monoisotopic (exact) mass is 249 g/mol. The lowest BCUT2D eigenvalue weighted by Crippen LogP contribution is -2.41. The molecule has 0 radical (unpaired) electrons. The molecule has 0 aliphatic carbocycles. The Balaban J connectivity index is 2.76. The molecule has 1 rings (SSSR count). The molecule has 0 aliphatic heterocycles. The van der Waals surface area contributed by atoms with Crippen molar-refractivity contribution in [2.75, 3.05) is 6.61 Å². The third kappa shape index (κ3) is 6.18. The van der Waals surface area contributed by atoms with Gasteiger partial charge < -0.3 is 10.1 Å². The van der Waals surface area contributed by atoms with Crippen molar-refractivity contribution in [1.82, 2.24) is 5.32 Å². The van der Waals surface area contributed by atoms with Crippen LogP contribution in [0.4, 0.5) is 0 Å². The van der Waals surface area contributed by atoms with Crippen LogP contribution >= 0.6 is 0 Å². The van der Waals surface area contributed by atoms with E-state index in [2.05, 4.69) is 71.1 Å². The highest BCUT2D eigenvalue weighted by atomic mass is 16.5. The first-order valence-electron chi connectivity index (χ1n) is 6.64. The van der Waals surface area contributed by atoms with Crippen LogP contribution in [0.1, 0.15) is 53.1 Å². The van der Waals surface area contributed by atoms with E-state index in [1.807, 2.05) is 6.07 Å². The Kier molecular flexibility index (Phi) is 4.94. The van der Waals surface area contributed by atoms with Crippen LogP contribution < -0.4 is 5.32 Å². The predicted octanol–water partition coefficient (Wildman–Crippen LogP) is 3.93. The predicted molar refractivity (Wildman–Crippen MR) is 77.8 cm³/mol. The van der Waals surface area contributed by atoms with Gasteiger partial charge in [0.25, 0.3) is 0 Å². The number of hydrogen-bond acceptors (Lipinski definition) is 2. The minimum absolute atomic E-state index is 0.0712. The minimum Gasteiger partial charge on any atom is -0.374 e. The van der Waals surface area contributed by atoms with Gasteiger partial charge in [-0.25, -0.2) is 0 Å². The lowest BCUT2D eigenvalue weighted by atomic mass is 10.0. The van der Waals surface area contributed by atoms with Crippen molar-refractivity contribution in [3.63, 3.8) is 0 Å². The topological polar surface area (TPSA) is 21.3 Å². The van der Waals surface area contributed by atoms with E-state index in [1.165, 1.54) is 5.56 Å². The molecule has 0 saturated carbocycles. The van der Waals surface area contributed by atoms with E-state index in [0.717, 1.165) is 0 Å². The molecule has 18 heavy (non-hydrogen) atoms. The van der Waals surface area contributed by atoms with Crippen LogP contribution in [0.25, 0.3) is 0 Å². The fourth-order valence-electron chi connectivity index (χ4n) is 1.76. The lowest BCUT2D eigenvalue weighted by molar-refractivity contribution is -0.0178. The van der Waals surface area contributed by atoms with E-state index in [-0.39, 0.29) is 17.2 Å². The first-order valence-corrected chi connectivity index (χ1v) is 6.64. The van der Waals surface area contributed by atoms with Gasteiger partial charge in [0.2, 0.25) is 0 Å². The maximum atomic E-state index is 5.93. The third-order valence-corrected chi connectivity index (χ3v) is 2.49. The number of benzene rings is 1. The Labute approximate surface area is 112 Å². The van der Waals surface area contributed by atoms with Crippen LogP contribution in [-0.2, 0) is 4.74 Å². The van der Waals surface area contributed by atoms with Crippen LogP contribution in [-0.4, -0.2) is 17.7 Å². The fourth-order valence-corrected chi connectivity index (χ4v) is 1.76. The zero-order chi connectivity index (χ0) is 13.8. The number of rotatable bonds is 4. The molecule has 1 aromatic rings. The smallest absolute Gasteiger partial charge is 0.0668 e. The van der Waals surface area contributed by atoms with Crippen LogP contribution in [0.15, 0.2) is 30.3 Å². The Morgan fingerprint density at radius 3 is 2.00 bits per heavy atom. The van der Waals surface area contributed by atoms with Crippen molar-refractivity contribution in [3.05, 3.63) is 35.9 Å². The van der Waals surface area contributed by atoms with Crippen molar-refractivity contribution in [2.24, 2.45) is 0 Å². The van der Waals surface area contributed by atoms with Gasteiger partial charge in [0.15, 0.2) is 0 Å². The van der Waals surface area contributed by atoms with E-state index in [4.69, 9.17) is 4.74 Å². The second-order valence-corrected chi connectivity index (χ2v) is 6.78. The summed E-state index contributed by atoms with van der Waals surface area (Å²) in [6.07, 6.45) is 0. The van der Waals surface area contributed by atoms with Gasteiger partial charge in [-0.1, -0.05) is 30.3 Å².